The molecule has 3 aromatic rings. The summed E-state index contributed by atoms with van der Waals surface area (Å²) < 4.78 is 29.0. The maximum atomic E-state index is 12.4. The van der Waals surface area contributed by atoms with Crippen molar-refractivity contribution in [1.29, 1.82) is 0 Å². The average molecular weight is 349 g/mol. The quantitative estimate of drug-likeness (QED) is 0.747. The van der Waals surface area contributed by atoms with Gasteiger partial charge in [0.15, 0.2) is 0 Å². The Balaban J connectivity index is 1.44. The molecule has 2 heterocycles. The van der Waals surface area contributed by atoms with Crippen LogP contribution in [0.2, 0.25) is 0 Å². The highest BCUT2D eigenvalue weighted by Crippen LogP contribution is 2.24. The first-order valence-electron chi connectivity index (χ1n) is 7.39. The third-order valence-electron chi connectivity index (χ3n) is 3.94. The minimum absolute atomic E-state index is 0.309. The maximum absolute atomic E-state index is 12.4. The van der Waals surface area contributed by atoms with Crippen molar-refractivity contribution < 1.29 is 8.42 Å². The molecule has 23 heavy (non-hydrogen) atoms. The van der Waals surface area contributed by atoms with E-state index in [1.54, 1.807) is 16.6 Å². The van der Waals surface area contributed by atoms with Gasteiger partial charge in [-0.1, -0.05) is 17.4 Å². The van der Waals surface area contributed by atoms with E-state index in [9.17, 15) is 8.42 Å². The normalized spacial score (nSPS) is 14.4. The Hall–Kier alpha value is -1.84. The van der Waals surface area contributed by atoms with Crippen LogP contribution < -0.4 is 4.72 Å². The number of nitrogens with zero attached hydrogens (tertiary/aromatic N) is 4. The molecule has 0 amide bonds. The number of aryl methyl sites for hydroxylation is 2. The van der Waals surface area contributed by atoms with Crippen molar-refractivity contribution in [2.75, 3.05) is 6.54 Å². The summed E-state index contributed by atoms with van der Waals surface area (Å²) in [6, 6.07) is 5.42. The number of nitrogens with one attached hydrogen (secondary N) is 1. The lowest BCUT2D eigenvalue weighted by Crippen LogP contribution is -2.26. The highest BCUT2D eigenvalue weighted by molar-refractivity contribution is 7.89. The highest BCUT2D eigenvalue weighted by atomic mass is 32.2. The van der Waals surface area contributed by atoms with Crippen LogP contribution in [0, 0.1) is 0 Å². The van der Waals surface area contributed by atoms with E-state index < -0.39 is 10.0 Å². The largest absolute Gasteiger partial charge is 0.240 e. The van der Waals surface area contributed by atoms with Crippen LogP contribution in [0.15, 0.2) is 29.4 Å². The minimum Gasteiger partial charge on any atom is -0.211 e. The predicted octanol–water partition coefficient (Wildman–Crippen LogP) is 1.20. The molecule has 0 saturated heterocycles. The molecule has 0 fully saturated rings. The highest BCUT2D eigenvalue weighted by Gasteiger charge is 2.18. The van der Waals surface area contributed by atoms with Gasteiger partial charge in [0.25, 0.3) is 0 Å². The van der Waals surface area contributed by atoms with Crippen molar-refractivity contribution in [1.82, 2.24) is 24.5 Å². The molecular formula is C14H15N5O2S2. The third kappa shape index (κ3) is 2.87. The number of hydrogen-bond acceptors (Lipinski definition) is 6. The standard InChI is InChI=1S/C14H15N5O2S2/c20-23(21,12-5-4-10-2-1-3-11(10)8-12)16-7-6-13-18-19-9-15-17-14(19)22-13/h4-5,8-9,16H,1-3,6-7H2. The molecule has 0 bridgehead atoms. The van der Waals surface area contributed by atoms with E-state index in [4.69, 9.17) is 0 Å². The molecule has 7 nitrogen and oxygen atoms in total. The molecule has 120 valence electrons. The maximum Gasteiger partial charge on any atom is 0.240 e. The van der Waals surface area contributed by atoms with Gasteiger partial charge in [0, 0.05) is 13.0 Å². The molecule has 0 unspecified atom stereocenters. The smallest absolute Gasteiger partial charge is 0.211 e. The molecule has 1 aromatic carbocycles. The van der Waals surface area contributed by atoms with Crippen LogP contribution in [0.1, 0.15) is 22.6 Å². The Kier molecular flexibility index (Phi) is 3.63. The summed E-state index contributed by atoms with van der Waals surface area (Å²) >= 11 is 1.41. The van der Waals surface area contributed by atoms with Crippen LogP contribution in [0.25, 0.3) is 4.96 Å². The molecule has 1 aliphatic carbocycles. The van der Waals surface area contributed by atoms with E-state index in [0.29, 0.717) is 22.8 Å². The molecule has 9 heteroatoms. The number of benzene rings is 1. The summed E-state index contributed by atoms with van der Waals surface area (Å²) in [7, 11) is -3.48. The zero-order valence-corrected chi connectivity index (χ0v) is 13.9. The number of sulfonamides is 1. The van der Waals surface area contributed by atoms with Crippen LogP contribution in [-0.2, 0) is 29.3 Å². The first-order valence-corrected chi connectivity index (χ1v) is 9.69. The number of rotatable bonds is 5. The Morgan fingerprint density at radius 2 is 2.13 bits per heavy atom. The van der Waals surface area contributed by atoms with Crippen LogP contribution in [0.4, 0.5) is 0 Å². The molecular weight excluding hydrogens is 334 g/mol. The SMILES string of the molecule is O=S(=O)(NCCc1nn2cnnc2s1)c1ccc2c(c1)CCC2. The summed E-state index contributed by atoms with van der Waals surface area (Å²) in [5.41, 5.74) is 2.42. The lowest BCUT2D eigenvalue weighted by molar-refractivity contribution is 0.581. The third-order valence-corrected chi connectivity index (χ3v) is 6.37. The Bertz CT molecular complexity index is 932. The molecule has 0 atom stereocenters. The molecule has 2 aromatic heterocycles. The molecule has 0 spiro atoms. The summed E-state index contributed by atoms with van der Waals surface area (Å²) in [4.78, 5) is 1.05. The second kappa shape index (κ2) is 5.66. The van der Waals surface area contributed by atoms with Gasteiger partial charge in [-0.15, -0.1) is 10.2 Å². The first-order chi connectivity index (χ1) is 11.1. The molecule has 1 N–H and O–H groups in total. The number of fused-ring (bicyclic) bond motifs is 2. The van der Waals surface area contributed by atoms with Gasteiger partial charge in [-0.3, -0.25) is 0 Å². The second-order valence-electron chi connectivity index (χ2n) is 5.49. The van der Waals surface area contributed by atoms with Gasteiger partial charge >= 0.3 is 0 Å². The fraction of sp³-hybridized carbons (Fsp3) is 0.357. The molecule has 0 aliphatic heterocycles. The van der Waals surface area contributed by atoms with Crippen molar-refractivity contribution in [3.63, 3.8) is 0 Å². The van der Waals surface area contributed by atoms with Crippen LogP contribution >= 0.6 is 11.3 Å². The monoisotopic (exact) mass is 349 g/mol. The second-order valence-corrected chi connectivity index (χ2v) is 8.29. The minimum atomic E-state index is -3.48. The average Bonchev–Trinajstić information content (AvgIpc) is 3.21. The number of aromatic nitrogens is 4. The fourth-order valence-corrected chi connectivity index (χ4v) is 4.69. The van der Waals surface area contributed by atoms with Gasteiger partial charge in [0.1, 0.15) is 11.3 Å². The van der Waals surface area contributed by atoms with Crippen molar-refractivity contribution in [2.45, 2.75) is 30.6 Å². The van der Waals surface area contributed by atoms with E-state index in [-0.39, 0.29) is 0 Å². The molecule has 0 saturated carbocycles. The lowest BCUT2D eigenvalue weighted by Gasteiger charge is -2.07. The summed E-state index contributed by atoms with van der Waals surface area (Å²) in [5, 5.41) is 12.8. The van der Waals surface area contributed by atoms with E-state index in [2.05, 4.69) is 20.0 Å². The van der Waals surface area contributed by atoms with Gasteiger partial charge in [-0.25, -0.2) is 13.1 Å². The topological polar surface area (TPSA) is 89.2 Å². The summed E-state index contributed by atoms with van der Waals surface area (Å²) in [5.74, 6) is 0. The fourth-order valence-electron chi connectivity index (χ4n) is 2.79. The van der Waals surface area contributed by atoms with Crippen LogP contribution in [-0.4, -0.2) is 34.8 Å². The zero-order valence-electron chi connectivity index (χ0n) is 12.3. The lowest BCUT2D eigenvalue weighted by atomic mass is 10.1. The Labute approximate surface area is 137 Å². The zero-order chi connectivity index (χ0) is 15.9. The first kappa shape index (κ1) is 14.7. The van der Waals surface area contributed by atoms with E-state index in [1.165, 1.54) is 23.2 Å². The van der Waals surface area contributed by atoms with Gasteiger partial charge < -0.3 is 0 Å². The van der Waals surface area contributed by atoms with Crippen molar-refractivity contribution in [3.8, 4) is 0 Å². The Morgan fingerprint density at radius 3 is 3.00 bits per heavy atom. The van der Waals surface area contributed by atoms with E-state index in [1.807, 2.05) is 6.07 Å². The van der Waals surface area contributed by atoms with Crippen molar-refractivity contribution in [3.05, 3.63) is 40.7 Å². The molecule has 1 aliphatic rings. The van der Waals surface area contributed by atoms with Gasteiger partial charge in [-0.2, -0.15) is 9.61 Å². The molecule has 4 rings (SSSR count). The van der Waals surface area contributed by atoms with Crippen molar-refractivity contribution >= 4 is 26.3 Å². The van der Waals surface area contributed by atoms with Crippen LogP contribution in [0.3, 0.4) is 0 Å². The number of hydrogen-bond donors (Lipinski definition) is 1. The predicted molar refractivity (Wildman–Crippen MR) is 86.0 cm³/mol. The van der Waals surface area contributed by atoms with E-state index >= 15 is 0 Å². The van der Waals surface area contributed by atoms with E-state index in [0.717, 1.165) is 29.8 Å². The van der Waals surface area contributed by atoms with Gasteiger partial charge in [0.05, 0.1) is 4.90 Å². The van der Waals surface area contributed by atoms with Gasteiger partial charge in [0.2, 0.25) is 15.0 Å². The molecule has 0 radical (unpaired) electrons. The van der Waals surface area contributed by atoms with Crippen molar-refractivity contribution in [2.24, 2.45) is 0 Å². The Morgan fingerprint density at radius 1 is 1.26 bits per heavy atom. The summed E-state index contributed by atoms with van der Waals surface area (Å²) in [6.45, 7) is 0.309. The van der Waals surface area contributed by atoms with Crippen LogP contribution in [0.5, 0.6) is 0 Å². The van der Waals surface area contributed by atoms with Gasteiger partial charge in [-0.05, 0) is 42.5 Å². The summed E-state index contributed by atoms with van der Waals surface area (Å²) in [6.07, 6.45) is 5.17.